The van der Waals surface area contributed by atoms with E-state index in [1.165, 1.54) is 70.6 Å². The Morgan fingerprint density at radius 2 is 1.22 bits per heavy atom. The van der Waals surface area contributed by atoms with Gasteiger partial charge in [-0.25, -0.2) is 9.97 Å². The van der Waals surface area contributed by atoms with Crippen LogP contribution in [0.15, 0.2) is 36.4 Å². The van der Waals surface area contributed by atoms with E-state index in [1.54, 1.807) is 12.1 Å². The molecule has 0 unspecified atom stereocenters. The van der Waals surface area contributed by atoms with Crippen LogP contribution in [0.25, 0.3) is 11.1 Å². The zero-order chi connectivity index (χ0) is 37.3. The average Bonchev–Trinajstić information content (AvgIpc) is 3.71. The maximum Gasteiger partial charge on any atom is 0.291 e. The van der Waals surface area contributed by atoms with Crippen LogP contribution < -0.4 is 10.6 Å². The van der Waals surface area contributed by atoms with E-state index in [-0.39, 0.29) is 11.8 Å². The van der Waals surface area contributed by atoms with Crippen molar-refractivity contribution in [2.45, 2.75) is 103 Å². The average molecular weight is 772 g/mol. The number of rotatable bonds is 9. The van der Waals surface area contributed by atoms with Gasteiger partial charge in [-0.1, -0.05) is 98.8 Å². The first kappa shape index (κ1) is 37.2. The van der Waals surface area contributed by atoms with Crippen LogP contribution in [-0.4, -0.2) is 66.4 Å². The van der Waals surface area contributed by atoms with Gasteiger partial charge in [0.05, 0.1) is 32.8 Å². The van der Waals surface area contributed by atoms with Gasteiger partial charge in [0.2, 0.25) is 0 Å². The standard InChI is InChI=1S/C42H52Cl2N8O2/c1-49-35-20-23-51(22-19-27-11-5-3-6-12-27)25-33(35)45-39(49)41(53)47-31-17-9-15-29(37(31)43)30-16-10-18-32(38(30)44)48-42(54)40-46-34-26-52(24-21-36(34)50(40)2)28-13-7-4-8-14-28/h9-10,15-18,27-28H,3-8,11-14,19-26H2,1-2H3,(H,47,53)(H,48,54). The molecule has 2 aliphatic heterocycles. The summed E-state index contributed by atoms with van der Waals surface area (Å²) in [7, 11) is 3.84. The summed E-state index contributed by atoms with van der Waals surface area (Å²) in [5.74, 6) is 0.962. The number of halogens is 2. The summed E-state index contributed by atoms with van der Waals surface area (Å²) in [5, 5.41) is 6.72. The Bertz CT molecular complexity index is 2030. The lowest BCUT2D eigenvalue weighted by atomic mass is 9.87. The van der Waals surface area contributed by atoms with Crippen molar-refractivity contribution in [2.75, 3.05) is 30.3 Å². The van der Waals surface area contributed by atoms with Crippen LogP contribution in [0.1, 0.15) is 115 Å². The number of hydrogen-bond acceptors (Lipinski definition) is 6. The van der Waals surface area contributed by atoms with Crippen molar-refractivity contribution in [2.24, 2.45) is 20.0 Å². The quantitative estimate of drug-likeness (QED) is 0.177. The Morgan fingerprint density at radius 1 is 0.704 bits per heavy atom. The van der Waals surface area contributed by atoms with Gasteiger partial charge in [0, 0.05) is 81.7 Å². The van der Waals surface area contributed by atoms with Crippen molar-refractivity contribution in [3.05, 3.63) is 80.9 Å². The van der Waals surface area contributed by atoms with Gasteiger partial charge in [0.1, 0.15) is 0 Å². The second-order valence-corrected chi connectivity index (χ2v) is 16.6. The van der Waals surface area contributed by atoms with Crippen molar-refractivity contribution in [1.29, 1.82) is 0 Å². The lowest BCUT2D eigenvalue weighted by Gasteiger charge is -2.36. The maximum absolute atomic E-state index is 13.7. The smallest absolute Gasteiger partial charge is 0.291 e. The largest absolute Gasteiger partial charge is 0.327 e. The topological polar surface area (TPSA) is 100 Å². The van der Waals surface area contributed by atoms with E-state index < -0.39 is 0 Å². The maximum atomic E-state index is 13.7. The molecule has 0 atom stereocenters. The van der Waals surface area contributed by atoms with Crippen molar-refractivity contribution < 1.29 is 9.59 Å². The number of anilines is 2. The van der Waals surface area contributed by atoms with Crippen LogP contribution in [0.3, 0.4) is 0 Å². The highest BCUT2D eigenvalue weighted by molar-refractivity contribution is 6.40. The molecule has 0 radical (unpaired) electrons. The molecule has 0 spiro atoms. The van der Waals surface area contributed by atoms with E-state index in [1.807, 2.05) is 47.5 Å². The molecule has 286 valence electrons. The normalized spacial score (nSPS) is 18.7. The van der Waals surface area contributed by atoms with Gasteiger partial charge in [-0.2, -0.15) is 0 Å². The minimum atomic E-state index is -0.313. The number of amides is 2. The highest BCUT2D eigenvalue weighted by Crippen LogP contribution is 2.40. The second kappa shape index (κ2) is 16.2. The van der Waals surface area contributed by atoms with Crippen LogP contribution >= 0.6 is 23.2 Å². The van der Waals surface area contributed by atoms with Crippen LogP contribution in [-0.2, 0) is 40.0 Å². The van der Waals surface area contributed by atoms with Crippen LogP contribution in [0.2, 0.25) is 10.0 Å². The fraction of sp³-hybridized carbons (Fsp3) is 0.524. The third-order valence-electron chi connectivity index (χ3n) is 12.5. The molecule has 4 heterocycles. The van der Waals surface area contributed by atoms with E-state index in [4.69, 9.17) is 33.2 Å². The number of nitrogens with zero attached hydrogens (tertiary/aromatic N) is 6. The van der Waals surface area contributed by atoms with Crippen molar-refractivity contribution in [1.82, 2.24) is 28.9 Å². The summed E-state index contributed by atoms with van der Waals surface area (Å²) in [6, 6.07) is 11.5. The Kier molecular flexibility index (Phi) is 11.2. The Hall–Kier alpha value is -3.70. The van der Waals surface area contributed by atoms with Gasteiger partial charge >= 0.3 is 0 Å². The number of carbonyl (C=O) groups is 2. The molecule has 54 heavy (non-hydrogen) atoms. The zero-order valence-corrected chi connectivity index (χ0v) is 33.1. The first-order valence-corrected chi connectivity index (χ1v) is 20.8. The van der Waals surface area contributed by atoms with Crippen molar-refractivity contribution in [3.8, 4) is 11.1 Å². The lowest BCUT2D eigenvalue weighted by molar-refractivity contribution is 0.100. The van der Waals surface area contributed by atoms with E-state index in [0.717, 1.165) is 74.3 Å². The number of hydrogen-bond donors (Lipinski definition) is 2. The highest BCUT2D eigenvalue weighted by Gasteiger charge is 2.31. The molecular formula is C42H52Cl2N8O2. The molecule has 2 N–H and O–H groups in total. The zero-order valence-electron chi connectivity index (χ0n) is 31.6. The summed E-state index contributed by atoms with van der Waals surface area (Å²) >= 11 is 14.0. The molecule has 2 aliphatic carbocycles. The molecule has 0 bridgehead atoms. The molecule has 2 saturated carbocycles. The van der Waals surface area contributed by atoms with Crippen LogP contribution in [0.5, 0.6) is 0 Å². The molecule has 4 aliphatic rings. The third-order valence-corrected chi connectivity index (χ3v) is 13.3. The minimum absolute atomic E-state index is 0.313. The van der Waals surface area contributed by atoms with E-state index in [9.17, 15) is 9.59 Å². The predicted molar refractivity (Wildman–Crippen MR) is 215 cm³/mol. The molecule has 2 aromatic heterocycles. The molecule has 4 aromatic rings. The van der Waals surface area contributed by atoms with Gasteiger partial charge in [-0.15, -0.1) is 0 Å². The molecule has 2 fully saturated rings. The number of nitrogens with one attached hydrogen (secondary N) is 2. The van der Waals surface area contributed by atoms with Gasteiger partial charge < -0.3 is 19.8 Å². The third kappa shape index (κ3) is 7.59. The van der Waals surface area contributed by atoms with Crippen LogP contribution in [0, 0.1) is 5.92 Å². The number of benzene rings is 2. The fourth-order valence-corrected chi connectivity index (χ4v) is 9.91. The van der Waals surface area contributed by atoms with Gasteiger partial charge in [-0.3, -0.25) is 19.4 Å². The summed E-state index contributed by atoms with van der Waals surface area (Å²) in [4.78, 5) is 42.1. The second-order valence-electron chi connectivity index (χ2n) is 15.8. The minimum Gasteiger partial charge on any atom is -0.327 e. The molecule has 0 saturated heterocycles. The first-order valence-electron chi connectivity index (χ1n) is 20.0. The molecule has 12 heteroatoms. The number of fused-ring (bicyclic) bond motifs is 2. The lowest BCUT2D eigenvalue weighted by Crippen LogP contribution is -2.40. The van der Waals surface area contributed by atoms with Crippen molar-refractivity contribution >= 4 is 46.4 Å². The Morgan fingerprint density at radius 3 is 1.80 bits per heavy atom. The fourth-order valence-electron chi connectivity index (χ4n) is 9.36. The monoisotopic (exact) mass is 770 g/mol. The van der Waals surface area contributed by atoms with Crippen LogP contribution in [0.4, 0.5) is 11.4 Å². The van der Waals surface area contributed by atoms with E-state index in [0.29, 0.717) is 50.2 Å². The van der Waals surface area contributed by atoms with E-state index in [2.05, 4.69) is 20.4 Å². The summed E-state index contributed by atoms with van der Waals surface area (Å²) in [6.45, 7) is 4.62. The first-order chi connectivity index (χ1) is 26.2. The number of carbonyl (C=O) groups excluding carboxylic acids is 2. The summed E-state index contributed by atoms with van der Waals surface area (Å²) in [6.07, 6.45) is 16.2. The molecular weight excluding hydrogens is 719 g/mol. The number of imidazole rings is 2. The molecule has 8 rings (SSSR count). The summed E-state index contributed by atoms with van der Waals surface area (Å²) in [5.41, 5.74) is 6.40. The van der Waals surface area contributed by atoms with Crippen molar-refractivity contribution in [3.63, 3.8) is 0 Å². The predicted octanol–water partition coefficient (Wildman–Crippen LogP) is 8.65. The van der Waals surface area contributed by atoms with Gasteiger partial charge in [-0.05, 0) is 43.9 Å². The number of aromatic nitrogens is 4. The molecule has 2 aromatic carbocycles. The Labute approximate surface area is 328 Å². The molecule has 10 nitrogen and oxygen atoms in total. The van der Waals surface area contributed by atoms with Gasteiger partial charge in [0.15, 0.2) is 11.6 Å². The highest BCUT2D eigenvalue weighted by atomic mass is 35.5. The molecule has 2 amide bonds. The SMILES string of the molecule is Cn1c(C(=O)Nc2cccc(-c3cccc(NC(=O)c4nc5c(n4C)CCN(C4CCCCC4)C5)c3Cl)c2Cl)nc2c1CCN(CCC1CCCCC1)C2. The van der Waals surface area contributed by atoms with Gasteiger partial charge in [0.25, 0.3) is 11.8 Å². The summed E-state index contributed by atoms with van der Waals surface area (Å²) < 4.78 is 3.85. The van der Waals surface area contributed by atoms with E-state index >= 15 is 0 Å². The Balaban J connectivity index is 0.946.